The van der Waals surface area contributed by atoms with Crippen LogP contribution in [0.1, 0.15) is 28.7 Å². The molecule has 2 N–H and O–H groups in total. The number of rotatable bonds is 5. The summed E-state index contributed by atoms with van der Waals surface area (Å²) in [5.41, 5.74) is 1.39. The number of esters is 1. The molecular weight excluding hydrogens is 320 g/mol. The van der Waals surface area contributed by atoms with E-state index in [-0.39, 0.29) is 10.6 Å². The molecule has 0 unspecified atom stereocenters. The van der Waals surface area contributed by atoms with E-state index in [2.05, 4.69) is 24.9 Å². The Balaban J connectivity index is 2.21. The van der Waals surface area contributed by atoms with Gasteiger partial charge in [0, 0.05) is 0 Å². The maximum Gasteiger partial charge on any atom is 0.356 e. The monoisotopic (exact) mass is 336 g/mol. The first-order valence-corrected chi connectivity index (χ1v) is 8.09. The maximum absolute atomic E-state index is 12.2. The molecule has 1 aromatic carbocycles. The summed E-state index contributed by atoms with van der Waals surface area (Å²) in [4.78, 5) is 13.6. The minimum Gasteiger partial charge on any atom is -0.464 e. The number of nitrogens with one attached hydrogen (secondary N) is 2. The SMILES string of the molecule is COC(=O)c1cc(/C(C)=N/NS(=O)(=O)c2ccccc2C)n[nH]1. The third-order valence-electron chi connectivity index (χ3n) is 3.07. The van der Waals surface area contributed by atoms with Crippen LogP contribution in [0.3, 0.4) is 0 Å². The lowest BCUT2D eigenvalue weighted by Gasteiger charge is -2.06. The molecule has 0 aliphatic rings. The van der Waals surface area contributed by atoms with Crippen molar-refractivity contribution < 1.29 is 17.9 Å². The molecule has 2 rings (SSSR count). The number of aryl methyl sites for hydroxylation is 1. The number of methoxy groups -OCH3 is 1. The van der Waals surface area contributed by atoms with Gasteiger partial charge in [-0.25, -0.2) is 4.79 Å². The van der Waals surface area contributed by atoms with Gasteiger partial charge in [0.15, 0.2) is 0 Å². The standard InChI is InChI=1S/C14H16N4O4S/c1-9-6-4-5-7-13(9)23(20,21)18-15-10(2)11-8-12(17-16-11)14(19)22-3/h4-8,18H,1-3H3,(H,16,17)/b15-10+. The van der Waals surface area contributed by atoms with Crippen molar-refractivity contribution in [3.8, 4) is 0 Å². The Kier molecular flexibility index (Phi) is 4.80. The zero-order valence-electron chi connectivity index (χ0n) is 12.8. The molecule has 2 aromatic rings. The molecule has 0 saturated carbocycles. The van der Waals surface area contributed by atoms with E-state index in [1.165, 1.54) is 19.2 Å². The minimum atomic E-state index is -3.78. The van der Waals surface area contributed by atoms with Gasteiger partial charge in [0.1, 0.15) is 11.4 Å². The summed E-state index contributed by atoms with van der Waals surface area (Å²) in [6, 6.07) is 8.00. The van der Waals surface area contributed by atoms with Crippen molar-refractivity contribution in [2.75, 3.05) is 7.11 Å². The summed E-state index contributed by atoms with van der Waals surface area (Å²) >= 11 is 0. The Bertz CT molecular complexity index is 855. The molecular formula is C14H16N4O4S. The van der Waals surface area contributed by atoms with Gasteiger partial charge in [-0.15, -0.1) is 0 Å². The summed E-state index contributed by atoms with van der Waals surface area (Å²) < 4.78 is 29.0. The van der Waals surface area contributed by atoms with Crippen molar-refractivity contribution in [2.24, 2.45) is 5.10 Å². The summed E-state index contributed by atoms with van der Waals surface area (Å²) in [5.74, 6) is -0.572. The average molecular weight is 336 g/mol. The van der Waals surface area contributed by atoms with E-state index in [9.17, 15) is 13.2 Å². The molecule has 0 saturated heterocycles. The van der Waals surface area contributed by atoms with Crippen LogP contribution in [0.25, 0.3) is 0 Å². The number of hydrazone groups is 1. The van der Waals surface area contributed by atoms with Crippen LogP contribution < -0.4 is 4.83 Å². The van der Waals surface area contributed by atoms with E-state index in [0.29, 0.717) is 17.0 Å². The lowest BCUT2D eigenvalue weighted by molar-refractivity contribution is 0.0594. The van der Waals surface area contributed by atoms with Gasteiger partial charge in [-0.2, -0.15) is 23.4 Å². The van der Waals surface area contributed by atoms with Crippen molar-refractivity contribution in [1.29, 1.82) is 0 Å². The smallest absolute Gasteiger partial charge is 0.356 e. The molecule has 9 heteroatoms. The number of aromatic amines is 1. The number of H-pyrrole nitrogens is 1. The van der Waals surface area contributed by atoms with Crippen molar-refractivity contribution in [3.63, 3.8) is 0 Å². The van der Waals surface area contributed by atoms with Gasteiger partial charge in [0.05, 0.1) is 17.7 Å². The second kappa shape index (κ2) is 6.61. The number of nitrogens with zero attached hydrogens (tertiary/aromatic N) is 2. The highest BCUT2D eigenvalue weighted by Gasteiger charge is 2.16. The lowest BCUT2D eigenvalue weighted by Crippen LogP contribution is -2.20. The van der Waals surface area contributed by atoms with Crippen LogP contribution in [-0.2, 0) is 14.8 Å². The quantitative estimate of drug-likeness (QED) is 0.484. The van der Waals surface area contributed by atoms with Crippen molar-refractivity contribution in [2.45, 2.75) is 18.7 Å². The predicted molar refractivity (Wildman–Crippen MR) is 83.6 cm³/mol. The number of hydrogen-bond acceptors (Lipinski definition) is 6. The number of aromatic nitrogens is 2. The first kappa shape index (κ1) is 16.7. The van der Waals surface area contributed by atoms with E-state index in [1.54, 1.807) is 32.0 Å². The number of carbonyl (C=O) groups is 1. The first-order chi connectivity index (χ1) is 10.8. The number of benzene rings is 1. The van der Waals surface area contributed by atoms with Crippen LogP contribution in [0.15, 0.2) is 40.3 Å². The van der Waals surface area contributed by atoms with Gasteiger partial charge in [0.25, 0.3) is 10.0 Å². The van der Waals surface area contributed by atoms with E-state index < -0.39 is 16.0 Å². The topological polar surface area (TPSA) is 114 Å². The Morgan fingerprint density at radius 3 is 2.70 bits per heavy atom. The van der Waals surface area contributed by atoms with Crippen LogP contribution in [0.5, 0.6) is 0 Å². The van der Waals surface area contributed by atoms with Crippen LogP contribution in [0.2, 0.25) is 0 Å². The zero-order chi connectivity index (χ0) is 17.0. The fourth-order valence-electron chi connectivity index (χ4n) is 1.81. The van der Waals surface area contributed by atoms with Crippen LogP contribution in [0.4, 0.5) is 0 Å². The molecule has 1 heterocycles. The fraction of sp³-hybridized carbons (Fsp3) is 0.214. The van der Waals surface area contributed by atoms with Gasteiger partial charge in [-0.3, -0.25) is 5.10 Å². The number of hydrogen-bond donors (Lipinski definition) is 2. The molecule has 0 aliphatic carbocycles. The van der Waals surface area contributed by atoms with Crippen molar-refractivity contribution >= 4 is 21.7 Å². The predicted octanol–water partition coefficient (Wildman–Crippen LogP) is 1.21. The van der Waals surface area contributed by atoms with Gasteiger partial charge >= 0.3 is 5.97 Å². The molecule has 23 heavy (non-hydrogen) atoms. The molecule has 1 aromatic heterocycles. The summed E-state index contributed by atoms with van der Waals surface area (Å²) in [6.07, 6.45) is 0. The average Bonchev–Trinajstić information content (AvgIpc) is 3.02. The van der Waals surface area contributed by atoms with E-state index in [4.69, 9.17) is 0 Å². The minimum absolute atomic E-state index is 0.147. The third-order valence-corrected chi connectivity index (χ3v) is 4.44. The van der Waals surface area contributed by atoms with Crippen LogP contribution >= 0.6 is 0 Å². The molecule has 0 aliphatic heterocycles. The normalized spacial score (nSPS) is 12.0. The molecule has 0 spiro atoms. The molecule has 0 atom stereocenters. The first-order valence-electron chi connectivity index (χ1n) is 6.61. The van der Waals surface area contributed by atoms with E-state index in [0.717, 1.165) is 0 Å². The molecule has 0 fully saturated rings. The van der Waals surface area contributed by atoms with Gasteiger partial charge in [-0.1, -0.05) is 18.2 Å². The summed E-state index contributed by atoms with van der Waals surface area (Å²) in [7, 11) is -2.53. The molecule has 0 bridgehead atoms. The number of ether oxygens (including phenoxy) is 1. The van der Waals surface area contributed by atoms with Crippen molar-refractivity contribution in [3.05, 3.63) is 47.3 Å². The highest BCUT2D eigenvalue weighted by Crippen LogP contribution is 2.13. The van der Waals surface area contributed by atoms with Gasteiger partial charge < -0.3 is 4.74 Å². The Labute approximate surface area is 133 Å². The number of carbonyl (C=O) groups excluding carboxylic acids is 1. The maximum atomic E-state index is 12.2. The van der Waals surface area contributed by atoms with E-state index in [1.807, 2.05) is 0 Å². The third kappa shape index (κ3) is 3.75. The Morgan fingerprint density at radius 1 is 1.35 bits per heavy atom. The molecule has 122 valence electrons. The highest BCUT2D eigenvalue weighted by molar-refractivity contribution is 7.89. The second-order valence-electron chi connectivity index (χ2n) is 4.72. The fourth-order valence-corrected chi connectivity index (χ4v) is 2.92. The molecule has 0 amide bonds. The Morgan fingerprint density at radius 2 is 2.04 bits per heavy atom. The van der Waals surface area contributed by atoms with Gasteiger partial charge in [0.2, 0.25) is 0 Å². The van der Waals surface area contributed by atoms with Crippen LogP contribution in [0, 0.1) is 6.92 Å². The zero-order valence-corrected chi connectivity index (χ0v) is 13.6. The summed E-state index contributed by atoms with van der Waals surface area (Å²) in [5, 5.41) is 10.2. The molecule has 0 radical (unpaired) electrons. The highest BCUT2D eigenvalue weighted by atomic mass is 32.2. The van der Waals surface area contributed by atoms with Crippen molar-refractivity contribution in [1.82, 2.24) is 15.0 Å². The van der Waals surface area contributed by atoms with Crippen LogP contribution in [-0.4, -0.2) is 37.4 Å². The summed E-state index contributed by atoms with van der Waals surface area (Å²) in [6.45, 7) is 3.26. The largest absolute Gasteiger partial charge is 0.464 e. The van der Waals surface area contributed by atoms with Gasteiger partial charge in [-0.05, 0) is 31.5 Å². The van der Waals surface area contributed by atoms with E-state index >= 15 is 0 Å². The second-order valence-corrected chi connectivity index (χ2v) is 6.35. The Hall–Kier alpha value is -2.68. The number of sulfonamides is 1. The lowest BCUT2D eigenvalue weighted by atomic mass is 10.2. The molecule has 8 nitrogen and oxygen atoms in total.